The summed E-state index contributed by atoms with van der Waals surface area (Å²) in [5.41, 5.74) is 6.06. The molecule has 0 saturated carbocycles. The van der Waals surface area contributed by atoms with Gasteiger partial charge in [0.05, 0.1) is 7.11 Å². The number of hydrogen-bond acceptors (Lipinski definition) is 5. The van der Waals surface area contributed by atoms with E-state index in [1.165, 1.54) is 12.0 Å². The number of sulfone groups is 1. The summed E-state index contributed by atoms with van der Waals surface area (Å²) in [5.74, 6) is -0.379. The molecule has 7 heteroatoms. The van der Waals surface area contributed by atoms with E-state index in [1.54, 1.807) is 24.3 Å². The number of nitrogens with zero attached hydrogens (tertiary/aromatic N) is 1. The van der Waals surface area contributed by atoms with Gasteiger partial charge in [0.25, 0.3) is 0 Å². The zero-order valence-corrected chi connectivity index (χ0v) is 12.5. The van der Waals surface area contributed by atoms with Gasteiger partial charge in [0.1, 0.15) is 11.5 Å². The highest BCUT2D eigenvalue weighted by Gasteiger charge is 2.20. The fourth-order valence-corrected chi connectivity index (χ4v) is 2.33. The van der Waals surface area contributed by atoms with Gasteiger partial charge < -0.3 is 15.4 Å². The van der Waals surface area contributed by atoms with Crippen LogP contribution in [0.15, 0.2) is 24.3 Å². The Morgan fingerprint density at radius 3 is 2.65 bits per heavy atom. The zero-order chi connectivity index (χ0) is 15.2. The molecule has 1 aromatic carbocycles. The van der Waals surface area contributed by atoms with Crippen molar-refractivity contribution in [3.63, 3.8) is 0 Å². The van der Waals surface area contributed by atoms with Crippen LogP contribution in [0.25, 0.3) is 0 Å². The van der Waals surface area contributed by atoms with Crippen molar-refractivity contribution < 1.29 is 17.9 Å². The van der Waals surface area contributed by atoms with E-state index < -0.39 is 21.5 Å². The van der Waals surface area contributed by atoms with Gasteiger partial charge >= 0.3 is 0 Å². The maximum absolute atomic E-state index is 12.1. The number of carbonyl (C=O) groups excluding carboxylic acids is 1. The van der Waals surface area contributed by atoms with Gasteiger partial charge in [0.15, 0.2) is 9.84 Å². The molecule has 2 N–H and O–H groups in total. The Bertz CT molecular complexity index is 557. The molecule has 0 aliphatic rings. The topological polar surface area (TPSA) is 89.7 Å². The normalized spacial score (nSPS) is 11.2. The van der Waals surface area contributed by atoms with Crippen molar-refractivity contribution >= 4 is 21.4 Å². The Kier molecular flexibility index (Phi) is 5.97. The maximum atomic E-state index is 12.1. The van der Waals surface area contributed by atoms with Crippen molar-refractivity contribution in [1.29, 1.82) is 0 Å². The van der Waals surface area contributed by atoms with Crippen LogP contribution in [0, 0.1) is 0 Å². The van der Waals surface area contributed by atoms with Crippen molar-refractivity contribution in [2.75, 3.05) is 37.1 Å². The van der Waals surface area contributed by atoms with E-state index in [9.17, 15) is 13.2 Å². The predicted molar refractivity (Wildman–Crippen MR) is 78.7 cm³/mol. The van der Waals surface area contributed by atoms with Crippen LogP contribution < -0.4 is 15.4 Å². The maximum Gasteiger partial charge on any atom is 0.242 e. The number of anilines is 1. The Balaban J connectivity index is 3.01. The first-order valence-electron chi connectivity index (χ1n) is 6.19. The van der Waals surface area contributed by atoms with Gasteiger partial charge in [0, 0.05) is 24.6 Å². The molecule has 0 saturated heterocycles. The zero-order valence-electron chi connectivity index (χ0n) is 11.7. The van der Waals surface area contributed by atoms with Crippen LogP contribution in [0.1, 0.15) is 6.42 Å². The number of hydrogen-bond donors (Lipinski definition) is 1. The van der Waals surface area contributed by atoms with E-state index in [0.29, 0.717) is 30.9 Å². The number of carbonyl (C=O) groups is 1. The molecule has 0 aliphatic carbocycles. The Morgan fingerprint density at radius 2 is 2.10 bits per heavy atom. The number of benzene rings is 1. The molecule has 0 spiro atoms. The molecule has 0 radical (unpaired) electrons. The summed E-state index contributed by atoms with van der Waals surface area (Å²) < 4.78 is 27.7. The second kappa shape index (κ2) is 7.25. The van der Waals surface area contributed by atoms with E-state index in [2.05, 4.69) is 0 Å². The summed E-state index contributed by atoms with van der Waals surface area (Å²) in [7, 11) is -1.84. The highest BCUT2D eigenvalue weighted by molar-refractivity contribution is 7.91. The van der Waals surface area contributed by atoms with Gasteiger partial charge in [-0.3, -0.25) is 4.79 Å². The van der Waals surface area contributed by atoms with Crippen molar-refractivity contribution in [3.05, 3.63) is 24.3 Å². The van der Waals surface area contributed by atoms with E-state index in [1.807, 2.05) is 0 Å². The second-order valence-electron chi connectivity index (χ2n) is 4.46. The lowest BCUT2D eigenvalue weighted by molar-refractivity contribution is -0.116. The highest BCUT2D eigenvalue weighted by Crippen LogP contribution is 2.21. The van der Waals surface area contributed by atoms with Crippen LogP contribution in [0.3, 0.4) is 0 Å². The number of rotatable bonds is 7. The van der Waals surface area contributed by atoms with Gasteiger partial charge in [-0.2, -0.15) is 0 Å². The summed E-state index contributed by atoms with van der Waals surface area (Å²) in [6, 6.07) is 6.93. The molecule has 0 unspecified atom stereocenters. The van der Waals surface area contributed by atoms with E-state index in [0.717, 1.165) is 6.26 Å². The van der Waals surface area contributed by atoms with E-state index >= 15 is 0 Å². The molecular formula is C13H20N2O4S. The standard InChI is InChI=1S/C13H20N2O4S/c1-19-12-6-3-5-11(9-12)15(8-4-7-14)13(16)10-20(2,17)18/h3,5-6,9H,4,7-8,10,14H2,1-2H3. The molecule has 0 aliphatic heterocycles. The Morgan fingerprint density at radius 1 is 1.40 bits per heavy atom. The molecule has 1 amide bonds. The molecule has 20 heavy (non-hydrogen) atoms. The number of amides is 1. The molecular weight excluding hydrogens is 280 g/mol. The third-order valence-electron chi connectivity index (χ3n) is 2.64. The lowest BCUT2D eigenvalue weighted by Crippen LogP contribution is -2.37. The first kappa shape index (κ1) is 16.5. The number of ether oxygens (including phenoxy) is 1. The second-order valence-corrected chi connectivity index (χ2v) is 6.60. The first-order valence-corrected chi connectivity index (χ1v) is 8.25. The molecule has 0 bridgehead atoms. The molecule has 1 rings (SSSR count). The monoisotopic (exact) mass is 300 g/mol. The van der Waals surface area contributed by atoms with E-state index in [4.69, 9.17) is 10.5 Å². The first-order chi connectivity index (χ1) is 9.37. The van der Waals surface area contributed by atoms with Gasteiger partial charge in [-0.05, 0) is 25.1 Å². The molecule has 0 fully saturated rings. The minimum atomic E-state index is -3.37. The molecule has 0 atom stereocenters. The SMILES string of the molecule is COc1cccc(N(CCCN)C(=O)CS(C)(=O)=O)c1. The fourth-order valence-electron chi connectivity index (χ4n) is 1.73. The van der Waals surface area contributed by atoms with Crippen molar-refractivity contribution in [1.82, 2.24) is 0 Å². The lowest BCUT2D eigenvalue weighted by Gasteiger charge is -2.22. The fraction of sp³-hybridized carbons (Fsp3) is 0.462. The Hall–Kier alpha value is -1.60. The average Bonchev–Trinajstić information content (AvgIpc) is 2.37. The largest absolute Gasteiger partial charge is 0.497 e. The summed E-state index contributed by atoms with van der Waals surface area (Å²) in [6.07, 6.45) is 1.63. The highest BCUT2D eigenvalue weighted by atomic mass is 32.2. The minimum Gasteiger partial charge on any atom is -0.497 e. The van der Waals surface area contributed by atoms with Crippen LogP contribution >= 0.6 is 0 Å². The molecule has 6 nitrogen and oxygen atoms in total. The van der Waals surface area contributed by atoms with Crippen molar-refractivity contribution in [2.45, 2.75) is 6.42 Å². The third kappa shape index (κ3) is 5.18. The van der Waals surface area contributed by atoms with Gasteiger partial charge in [-0.25, -0.2) is 8.42 Å². The number of methoxy groups -OCH3 is 1. The third-order valence-corrected chi connectivity index (χ3v) is 3.41. The molecule has 0 heterocycles. The summed E-state index contributed by atoms with van der Waals surface area (Å²) in [4.78, 5) is 13.6. The molecule has 112 valence electrons. The summed E-state index contributed by atoms with van der Waals surface area (Å²) in [5, 5.41) is 0. The van der Waals surface area contributed by atoms with E-state index in [-0.39, 0.29) is 0 Å². The average molecular weight is 300 g/mol. The van der Waals surface area contributed by atoms with Crippen LogP contribution in [-0.2, 0) is 14.6 Å². The van der Waals surface area contributed by atoms with Crippen LogP contribution in [0.5, 0.6) is 5.75 Å². The van der Waals surface area contributed by atoms with Gasteiger partial charge in [-0.1, -0.05) is 6.07 Å². The van der Waals surface area contributed by atoms with Crippen molar-refractivity contribution in [3.8, 4) is 5.75 Å². The quantitative estimate of drug-likeness (QED) is 0.788. The van der Waals surface area contributed by atoms with Crippen LogP contribution in [0.4, 0.5) is 5.69 Å². The summed E-state index contributed by atoms with van der Waals surface area (Å²) >= 11 is 0. The van der Waals surface area contributed by atoms with Gasteiger partial charge in [-0.15, -0.1) is 0 Å². The minimum absolute atomic E-state index is 0.373. The summed E-state index contributed by atoms with van der Waals surface area (Å²) in [6.45, 7) is 0.796. The Labute approximate surface area is 119 Å². The van der Waals surface area contributed by atoms with Crippen LogP contribution in [0.2, 0.25) is 0 Å². The van der Waals surface area contributed by atoms with Crippen molar-refractivity contribution in [2.24, 2.45) is 5.73 Å². The molecule has 0 aromatic heterocycles. The van der Waals surface area contributed by atoms with Crippen LogP contribution in [-0.4, -0.2) is 46.5 Å². The predicted octanol–water partition coefficient (Wildman–Crippen LogP) is 0.422. The number of nitrogens with two attached hydrogens (primary N) is 1. The van der Waals surface area contributed by atoms with Gasteiger partial charge in [0.2, 0.25) is 5.91 Å². The lowest BCUT2D eigenvalue weighted by atomic mass is 10.2. The smallest absolute Gasteiger partial charge is 0.242 e. The molecule has 1 aromatic rings.